The molecular weight excluding hydrogens is 397 g/mol. The summed E-state index contributed by atoms with van der Waals surface area (Å²) in [5, 5.41) is 4.96. The fraction of sp³-hybridized carbons (Fsp3) is 0.333. The minimum atomic E-state index is -0.0965. The van der Waals surface area contributed by atoms with Crippen LogP contribution in [0, 0.1) is 6.92 Å². The Morgan fingerprint density at radius 3 is 2.74 bits per heavy atom. The van der Waals surface area contributed by atoms with Crippen molar-refractivity contribution in [3.8, 4) is 0 Å². The molecule has 0 N–H and O–H groups in total. The number of rotatable bonds is 3. The smallest absolute Gasteiger partial charge is 0.265 e. The van der Waals surface area contributed by atoms with Gasteiger partial charge in [0.05, 0.1) is 27.4 Å². The number of nitrogens with zero attached hydrogens (tertiary/aromatic N) is 3. The van der Waals surface area contributed by atoms with Gasteiger partial charge in [-0.05, 0) is 51.8 Å². The van der Waals surface area contributed by atoms with Crippen molar-refractivity contribution in [3.63, 3.8) is 0 Å². The molecule has 0 amide bonds. The molecule has 2 heterocycles. The molecule has 19 heavy (non-hydrogen) atoms. The molecule has 0 atom stereocenters. The van der Waals surface area contributed by atoms with Gasteiger partial charge >= 0.3 is 0 Å². The van der Waals surface area contributed by atoms with Crippen molar-refractivity contribution in [2.45, 2.75) is 26.9 Å². The quantitative estimate of drug-likeness (QED) is 0.777. The summed E-state index contributed by atoms with van der Waals surface area (Å²) in [5.41, 5.74) is 1.52. The van der Waals surface area contributed by atoms with E-state index in [-0.39, 0.29) is 5.56 Å². The van der Waals surface area contributed by atoms with E-state index in [1.54, 1.807) is 16.8 Å². The maximum Gasteiger partial charge on any atom is 0.265 e. The van der Waals surface area contributed by atoms with Crippen molar-refractivity contribution in [1.29, 1.82) is 0 Å². The van der Waals surface area contributed by atoms with Crippen LogP contribution in [0.1, 0.15) is 18.3 Å². The zero-order chi connectivity index (χ0) is 14.2. The van der Waals surface area contributed by atoms with Gasteiger partial charge in [-0.15, -0.1) is 0 Å². The minimum absolute atomic E-state index is 0.0965. The van der Waals surface area contributed by atoms with Gasteiger partial charge in [-0.2, -0.15) is 5.10 Å². The number of aryl methyl sites for hydroxylation is 2. The summed E-state index contributed by atoms with van der Waals surface area (Å²) in [4.78, 5) is 12.1. The molecule has 0 saturated heterocycles. The molecular formula is C12H12Br2ClN3O. The zero-order valence-corrected chi connectivity index (χ0v) is 14.4. The zero-order valence-electron chi connectivity index (χ0n) is 10.5. The third-order valence-electron chi connectivity index (χ3n) is 2.78. The predicted molar refractivity (Wildman–Crippen MR) is 82.9 cm³/mol. The van der Waals surface area contributed by atoms with E-state index in [9.17, 15) is 4.79 Å². The Morgan fingerprint density at radius 1 is 1.42 bits per heavy atom. The van der Waals surface area contributed by atoms with Crippen molar-refractivity contribution in [2.24, 2.45) is 0 Å². The van der Waals surface area contributed by atoms with Crippen LogP contribution >= 0.6 is 43.5 Å². The second kappa shape index (κ2) is 5.81. The van der Waals surface area contributed by atoms with Gasteiger partial charge in [0.2, 0.25) is 0 Å². The molecule has 0 bridgehead atoms. The molecule has 0 fully saturated rings. The Labute approximate surface area is 132 Å². The molecule has 0 aliphatic heterocycles. The first-order valence-electron chi connectivity index (χ1n) is 5.71. The highest BCUT2D eigenvalue weighted by Crippen LogP contribution is 2.21. The first kappa shape index (κ1) is 14.8. The maximum atomic E-state index is 12.1. The molecule has 0 aliphatic rings. The standard InChI is InChI=1S/C12H12Br2ClN3O/c1-3-18-10(11(15)7(2)16-18)6-17-5-8(13)4-9(14)12(17)19/h4-5H,3,6H2,1-2H3. The first-order valence-corrected chi connectivity index (χ1v) is 7.67. The van der Waals surface area contributed by atoms with Crippen LogP contribution in [0.3, 0.4) is 0 Å². The summed E-state index contributed by atoms with van der Waals surface area (Å²) < 4.78 is 4.76. The SMILES string of the molecule is CCn1nc(C)c(Cl)c1Cn1cc(Br)cc(Br)c1=O. The van der Waals surface area contributed by atoms with Crippen LogP contribution in [-0.2, 0) is 13.1 Å². The Morgan fingerprint density at radius 2 is 2.11 bits per heavy atom. The van der Waals surface area contributed by atoms with E-state index in [2.05, 4.69) is 37.0 Å². The molecule has 0 aliphatic carbocycles. The molecule has 0 radical (unpaired) electrons. The van der Waals surface area contributed by atoms with Gasteiger partial charge in [0.15, 0.2) is 0 Å². The fourth-order valence-corrected chi connectivity index (χ4v) is 3.32. The van der Waals surface area contributed by atoms with Gasteiger partial charge in [-0.1, -0.05) is 11.6 Å². The number of aromatic nitrogens is 3. The molecule has 2 aromatic heterocycles. The van der Waals surface area contributed by atoms with Crippen molar-refractivity contribution in [1.82, 2.24) is 14.3 Å². The van der Waals surface area contributed by atoms with Crippen LogP contribution < -0.4 is 5.56 Å². The van der Waals surface area contributed by atoms with Crippen molar-refractivity contribution >= 4 is 43.5 Å². The lowest BCUT2D eigenvalue weighted by atomic mass is 10.3. The summed E-state index contributed by atoms with van der Waals surface area (Å²) in [5.74, 6) is 0. The molecule has 2 aromatic rings. The van der Waals surface area contributed by atoms with E-state index < -0.39 is 0 Å². The average molecular weight is 410 g/mol. The van der Waals surface area contributed by atoms with Crippen molar-refractivity contribution < 1.29 is 0 Å². The highest BCUT2D eigenvalue weighted by molar-refractivity contribution is 9.11. The summed E-state index contributed by atoms with van der Waals surface area (Å²) in [6.07, 6.45) is 1.74. The van der Waals surface area contributed by atoms with Gasteiger partial charge < -0.3 is 4.57 Å². The van der Waals surface area contributed by atoms with Gasteiger partial charge in [-0.3, -0.25) is 9.48 Å². The van der Waals surface area contributed by atoms with Crippen molar-refractivity contribution in [3.05, 3.63) is 48.0 Å². The molecule has 0 unspecified atom stereocenters. The van der Waals surface area contributed by atoms with E-state index in [4.69, 9.17) is 11.6 Å². The molecule has 0 spiro atoms. The van der Waals surface area contributed by atoms with E-state index in [0.717, 1.165) is 15.9 Å². The Hall–Kier alpha value is -0.590. The Kier molecular flexibility index (Phi) is 4.53. The third kappa shape index (κ3) is 2.95. The Balaban J connectivity index is 2.50. The van der Waals surface area contributed by atoms with E-state index >= 15 is 0 Å². The van der Waals surface area contributed by atoms with E-state index in [0.29, 0.717) is 22.6 Å². The highest BCUT2D eigenvalue weighted by Gasteiger charge is 2.14. The first-order chi connectivity index (χ1) is 8.93. The molecule has 4 nitrogen and oxygen atoms in total. The minimum Gasteiger partial charge on any atom is -0.307 e. The van der Waals surface area contributed by atoms with Gasteiger partial charge in [-0.25, -0.2) is 0 Å². The molecule has 0 saturated carbocycles. The highest BCUT2D eigenvalue weighted by atomic mass is 79.9. The maximum absolute atomic E-state index is 12.1. The van der Waals surface area contributed by atoms with Crippen LogP contribution in [-0.4, -0.2) is 14.3 Å². The van der Waals surface area contributed by atoms with Crippen LogP contribution in [0.25, 0.3) is 0 Å². The normalized spacial score (nSPS) is 11.0. The fourth-order valence-electron chi connectivity index (χ4n) is 1.86. The van der Waals surface area contributed by atoms with Crippen LogP contribution in [0.4, 0.5) is 0 Å². The lowest BCUT2D eigenvalue weighted by Crippen LogP contribution is -2.22. The number of halogens is 3. The number of hydrogen-bond acceptors (Lipinski definition) is 2. The number of pyridine rings is 1. The summed E-state index contributed by atoms with van der Waals surface area (Å²) in [6, 6.07) is 1.73. The molecule has 0 aromatic carbocycles. The topological polar surface area (TPSA) is 39.8 Å². The molecule has 2 rings (SSSR count). The summed E-state index contributed by atoms with van der Waals surface area (Å²) in [6.45, 7) is 4.96. The van der Waals surface area contributed by atoms with E-state index in [1.807, 2.05) is 18.5 Å². The molecule has 102 valence electrons. The van der Waals surface area contributed by atoms with Gasteiger partial charge in [0.1, 0.15) is 0 Å². The van der Waals surface area contributed by atoms with Crippen LogP contribution in [0.15, 0.2) is 26.0 Å². The average Bonchev–Trinajstić information content (AvgIpc) is 2.63. The van der Waals surface area contributed by atoms with Crippen LogP contribution in [0.2, 0.25) is 5.02 Å². The summed E-state index contributed by atoms with van der Waals surface area (Å²) >= 11 is 12.9. The Bertz CT molecular complexity index is 678. The number of hydrogen-bond donors (Lipinski definition) is 0. The van der Waals surface area contributed by atoms with E-state index in [1.165, 1.54) is 0 Å². The summed E-state index contributed by atoms with van der Waals surface area (Å²) in [7, 11) is 0. The van der Waals surface area contributed by atoms with Gasteiger partial charge in [0.25, 0.3) is 5.56 Å². The predicted octanol–water partition coefficient (Wildman–Crippen LogP) is 3.60. The van der Waals surface area contributed by atoms with Crippen molar-refractivity contribution in [2.75, 3.05) is 0 Å². The second-order valence-corrected chi connectivity index (χ2v) is 6.25. The largest absolute Gasteiger partial charge is 0.307 e. The van der Waals surface area contributed by atoms with Gasteiger partial charge in [0, 0.05) is 17.2 Å². The second-order valence-electron chi connectivity index (χ2n) is 4.10. The lowest BCUT2D eigenvalue weighted by Gasteiger charge is -2.09. The van der Waals surface area contributed by atoms with Crippen LogP contribution in [0.5, 0.6) is 0 Å². The molecule has 7 heteroatoms. The lowest BCUT2D eigenvalue weighted by molar-refractivity contribution is 0.590. The monoisotopic (exact) mass is 407 g/mol. The third-order valence-corrected chi connectivity index (χ3v) is 4.28.